The van der Waals surface area contributed by atoms with Crippen molar-refractivity contribution < 1.29 is 21.6 Å². The molecule has 0 aliphatic rings. The number of rotatable bonds is 4. The summed E-state index contributed by atoms with van der Waals surface area (Å²) in [6.45, 7) is 1.73. The molecule has 0 aliphatic carbocycles. The van der Waals surface area contributed by atoms with Gasteiger partial charge in [-0.1, -0.05) is 6.07 Å². The highest BCUT2D eigenvalue weighted by Gasteiger charge is 2.21. The molecule has 0 spiro atoms. The molecule has 2 N–H and O–H groups in total. The maximum absolute atomic E-state index is 14.1. The maximum atomic E-state index is 14.1. The second-order valence-electron chi connectivity index (χ2n) is 5.13. The van der Waals surface area contributed by atoms with E-state index in [1.807, 2.05) is 0 Å². The van der Waals surface area contributed by atoms with Crippen LogP contribution < -0.4 is 5.14 Å². The topological polar surface area (TPSA) is 90.9 Å². The second-order valence-corrected chi connectivity index (χ2v) is 7.50. The highest BCUT2D eigenvalue weighted by molar-refractivity contribution is 7.89. The molecule has 6 nitrogen and oxygen atoms in total. The fraction of sp³-hybridized carbons (Fsp3) is 0.143. The van der Waals surface area contributed by atoms with E-state index in [1.165, 1.54) is 22.1 Å². The van der Waals surface area contributed by atoms with Crippen LogP contribution in [0.3, 0.4) is 0 Å². The number of alkyl halides is 2. The van der Waals surface area contributed by atoms with E-state index in [-0.39, 0.29) is 11.3 Å². The van der Waals surface area contributed by atoms with Crippen molar-refractivity contribution in [2.24, 2.45) is 5.14 Å². The van der Waals surface area contributed by atoms with E-state index in [9.17, 15) is 21.6 Å². The van der Waals surface area contributed by atoms with Crippen molar-refractivity contribution in [1.29, 1.82) is 0 Å². The van der Waals surface area contributed by atoms with Crippen LogP contribution in [-0.4, -0.2) is 23.2 Å². The number of benzene rings is 1. The van der Waals surface area contributed by atoms with Gasteiger partial charge in [0.1, 0.15) is 16.4 Å². The van der Waals surface area contributed by atoms with Gasteiger partial charge in [-0.05, 0) is 25.1 Å². The van der Waals surface area contributed by atoms with Gasteiger partial charge in [0.2, 0.25) is 15.2 Å². The summed E-state index contributed by atoms with van der Waals surface area (Å²) >= 11 is 1.18. The molecular weight excluding hydrogens is 377 g/mol. The molecule has 0 saturated carbocycles. The van der Waals surface area contributed by atoms with Crippen LogP contribution in [-0.2, 0) is 10.0 Å². The largest absolute Gasteiger partial charge is 0.282 e. The molecule has 132 valence electrons. The fourth-order valence-electron chi connectivity index (χ4n) is 2.19. The predicted molar refractivity (Wildman–Crippen MR) is 85.7 cm³/mol. The smallest absolute Gasteiger partial charge is 0.225 e. The second kappa shape index (κ2) is 6.24. The number of halogens is 3. The van der Waals surface area contributed by atoms with Crippen LogP contribution in [0.15, 0.2) is 34.5 Å². The number of hydrogen-bond donors (Lipinski definition) is 1. The van der Waals surface area contributed by atoms with Gasteiger partial charge in [0.25, 0.3) is 6.43 Å². The van der Waals surface area contributed by atoms with Crippen molar-refractivity contribution in [3.05, 3.63) is 46.9 Å². The molecule has 0 fully saturated rings. The Balaban J connectivity index is 2.18. The van der Waals surface area contributed by atoms with Gasteiger partial charge in [-0.25, -0.2) is 36.4 Å². The van der Waals surface area contributed by atoms with E-state index < -0.39 is 32.9 Å². The summed E-state index contributed by atoms with van der Waals surface area (Å²) in [4.78, 5) is 3.50. The van der Waals surface area contributed by atoms with E-state index in [1.54, 1.807) is 12.3 Å². The lowest BCUT2D eigenvalue weighted by atomic mass is 10.1. The molecule has 0 atom stereocenters. The number of hydrogen-bond acceptors (Lipinski definition) is 5. The highest BCUT2D eigenvalue weighted by atomic mass is 32.2. The normalized spacial score (nSPS) is 12.1. The molecule has 0 aliphatic heterocycles. The maximum Gasteiger partial charge on any atom is 0.282 e. The van der Waals surface area contributed by atoms with Crippen molar-refractivity contribution in [3.8, 4) is 16.4 Å². The van der Waals surface area contributed by atoms with Gasteiger partial charge in [0.15, 0.2) is 0 Å². The Morgan fingerprint density at radius 3 is 2.52 bits per heavy atom. The molecule has 25 heavy (non-hydrogen) atoms. The van der Waals surface area contributed by atoms with E-state index in [0.29, 0.717) is 10.8 Å². The average Bonchev–Trinajstić information content (AvgIpc) is 3.11. The van der Waals surface area contributed by atoms with Crippen molar-refractivity contribution in [2.75, 3.05) is 0 Å². The van der Waals surface area contributed by atoms with Crippen LogP contribution in [0.2, 0.25) is 0 Å². The lowest BCUT2D eigenvalue weighted by molar-refractivity contribution is 0.145. The third kappa shape index (κ3) is 3.43. The Labute approximate surface area is 144 Å². The SMILES string of the molecule is Cc1csc(-n2nc(C(F)F)cc2-c2ccc(S(N)(=O)=O)c(F)c2)n1. The molecule has 2 aromatic heterocycles. The van der Waals surface area contributed by atoms with Gasteiger partial charge in [0.05, 0.1) is 11.4 Å². The van der Waals surface area contributed by atoms with Crippen molar-refractivity contribution >= 4 is 21.4 Å². The number of nitrogens with two attached hydrogens (primary N) is 1. The lowest BCUT2D eigenvalue weighted by Crippen LogP contribution is -2.14. The minimum atomic E-state index is -4.23. The number of nitrogens with zero attached hydrogens (tertiary/aromatic N) is 3. The third-order valence-corrected chi connectivity index (χ3v) is 5.15. The van der Waals surface area contributed by atoms with Gasteiger partial charge in [-0.2, -0.15) is 5.10 Å². The van der Waals surface area contributed by atoms with Gasteiger partial charge >= 0.3 is 0 Å². The Hall–Kier alpha value is -2.24. The number of aromatic nitrogens is 3. The summed E-state index contributed by atoms with van der Waals surface area (Å²) in [5.74, 6) is -1.08. The van der Waals surface area contributed by atoms with Crippen molar-refractivity contribution in [1.82, 2.24) is 14.8 Å². The molecule has 0 amide bonds. The first-order valence-electron chi connectivity index (χ1n) is 6.80. The first kappa shape index (κ1) is 17.6. The van der Waals surface area contributed by atoms with Crippen LogP contribution >= 0.6 is 11.3 Å². The molecular formula is C14H11F3N4O2S2. The Kier molecular flexibility index (Phi) is 4.39. The molecule has 11 heteroatoms. The summed E-state index contributed by atoms with van der Waals surface area (Å²) in [5, 5.41) is 10.8. The predicted octanol–water partition coefficient (Wildman–Crippen LogP) is 3.03. The van der Waals surface area contributed by atoms with Gasteiger partial charge in [-0.15, -0.1) is 11.3 Å². The van der Waals surface area contributed by atoms with Crippen molar-refractivity contribution in [3.63, 3.8) is 0 Å². The Bertz CT molecular complexity index is 1040. The summed E-state index contributed by atoms with van der Waals surface area (Å²) in [5.41, 5.74) is 0.497. The lowest BCUT2D eigenvalue weighted by Gasteiger charge is -2.06. The van der Waals surface area contributed by atoms with Crippen LogP contribution in [0.1, 0.15) is 17.8 Å². The number of primary sulfonamides is 1. The third-order valence-electron chi connectivity index (χ3n) is 3.27. The first-order valence-corrected chi connectivity index (χ1v) is 9.23. The van der Waals surface area contributed by atoms with Crippen LogP contribution in [0.4, 0.5) is 13.2 Å². The quantitative estimate of drug-likeness (QED) is 0.744. The van der Waals surface area contributed by atoms with Crippen LogP contribution in [0, 0.1) is 12.7 Å². The van der Waals surface area contributed by atoms with Gasteiger partial charge < -0.3 is 0 Å². The van der Waals surface area contributed by atoms with Crippen LogP contribution in [0.25, 0.3) is 16.4 Å². The molecule has 0 radical (unpaired) electrons. The number of aryl methyl sites for hydroxylation is 1. The summed E-state index contributed by atoms with van der Waals surface area (Å²) in [6.07, 6.45) is -2.82. The van der Waals surface area contributed by atoms with E-state index >= 15 is 0 Å². The molecule has 3 rings (SSSR count). The fourth-order valence-corrected chi connectivity index (χ4v) is 3.54. The standard InChI is InChI=1S/C14H11F3N4O2S2/c1-7-6-24-14(19-7)21-11(5-10(20-21)13(16)17)8-2-3-12(9(15)4-8)25(18,22)23/h2-6,13H,1H3,(H2,18,22,23). The Morgan fingerprint density at radius 1 is 1.28 bits per heavy atom. The number of sulfonamides is 1. The molecule has 3 aromatic rings. The van der Waals surface area contributed by atoms with Crippen LogP contribution in [0.5, 0.6) is 0 Å². The average molecular weight is 388 g/mol. The molecule has 0 saturated heterocycles. The molecule has 2 heterocycles. The minimum absolute atomic E-state index is 0.157. The minimum Gasteiger partial charge on any atom is -0.225 e. The van der Waals surface area contributed by atoms with Gasteiger partial charge in [0, 0.05) is 10.9 Å². The van der Waals surface area contributed by atoms with E-state index in [2.05, 4.69) is 10.1 Å². The van der Waals surface area contributed by atoms with E-state index in [0.717, 1.165) is 18.2 Å². The molecule has 1 aromatic carbocycles. The summed E-state index contributed by atoms with van der Waals surface area (Å²) in [6, 6.07) is 4.26. The van der Waals surface area contributed by atoms with Crippen molar-refractivity contribution in [2.45, 2.75) is 18.2 Å². The number of thiazole rings is 1. The van der Waals surface area contributed by atoms with E-state index in [4.69, 9.17) is 5.14 Å². The molecule has 0 unspecified atom stereocenters. The zero-order valence-electron chi connectivity index (χ0n) is 12.6. The first-order chi connectivity index (χ1) is 11.7. The zero-order valence-corrected chi connectivity index (χ0v) is 14.3. The Morgan fingerprint density at radius 2 is 2.00 bits per heavy atom. The zero-order chi connectivity index (χ0) is 18.4. The monoisotopic (exact) mass is 388 g/mol. The molecule has 0 bridgehead atoms. The summed E-state index contributed by atoms with van der Waals surface area (Å²) in [7, 11) is -4.23. The van der Waals surface area contributed by atoms with Gasteiger partial charge in [-0.3, -0.25) is 0 Å². The highest BCUT2D eigenvalue weighted by Crippen LogP contribution is 2.30. The summed E-state index contributed by atoms with van der Waals surface area (Å²) < 4.78 is 63.9.